The van der Waals surface area contributed by atoms with Crippen LogP contribution in [0.25, 0.3) is 0 Å². The van der Waals surface area contributed by atoms with E-state index in [1.165, 1.54) is 5.56 Å². The minimum Gasteiger partial charge on any atom is -0.497 e. The Bertz CT molecular complexity index is 768. The summed E-state index contributed by atoms with van der Waals surface area (Å²) >= 11 is 0. The molecule has 5 heteroatoms. The molecular formula is C23H30N2O3. The third-order valence-electron chi connectivity index (χ3n) is 5.50. The second-order valence-electron chi connectivity index (χ2n) is 7.31. The third kappa shape index (κ3) is 5.04. The van der Waals surface area contributed by atoms with Gasteiger partial charge >= 0.3 is 0 Å². The van der Waals surface area contributed by atoms with Gasteiger partial charge in [-0.25, -0.2) is 0 Å². The number of piperidine rings is 1. The fourth-order valence-electron chi connectivity index (χ4n) is 3.89. The predicted octanol–water partition coefficient (Wildman–Crippen LogP) is 3.72. The summed E-state index contributed by atoms with van der Waals surface area (Å²) in [5, 5.41) is 0. The standard InChI is InChI=1S/C23H30N2O3/c1-18(26)25(16-19-8-10-22(27-2)11-9-19)21-12-14-24(15-13-21)17-20-6-4-5-7-23(20)28-3/h4-11,21H,12-17H2,1-3H3. The zero-order chi connectivity index (χ0) is 19.9. The van der Waals surface area contributed by atoms with Crippen LogP contribution in [0, 0.1) is 0 Å². The molecule has 1 amide bonds. The number of carbonyl (C=O) groups is 1. The van der Waals surface area contributed by atoms with E-state index in [-0.39, 0.29) is 11.9 Å². The highest BCUT2D eigenvalue weighted by molar-refractivity contribution is 5.73. The number of hydrogen-bond acceptors (Lipinski definition) is 4. The molecule has 1 aliphatic heterocycles. The Morgan fingerprint density at radius 1 is 1.04 bits per heavy atom. The number of ether oxygens (including phenoxy) is 2. The number of para-hydroxylation sites is 1. The van der Waals surface area contributed by atoms with Gasteiger partial charge in [-0.15, -0.1) is 0 Å². The van der Waals surface area contributed by atoms with Crippen molar-refractivity contribution in [3.63, 3.8) is 0 Å². The molecule has 1 fully saturated rings. The molecule has 0 saturated carbocycles. The number of amides is 1. The van der Waals surface area contributed by atoms with Crippen molar-refractivity contribution < 1.29 is 14.3 Å². The Hall–Kier alpha value is -2.53. The molecular weight excluding hydrogens is 352 g/mol. The number of benzene rings is 2. The van der Waals surface area contributed by atoms with Gasteiger partial charge in [0.05, 0.1) is 14.2 Å². The molecule has 0 N–H and O–H groups in total. The van der Waals surface area contributed by atoms with E-state index < -0.39 is 0 Å². The number of methoxy groups -OCH3 is 2. The van der Waals surface area contributed by atoms with Crippen LogP contribution >= 0.6 is 0 Å². The first-order chi connectivity index (χ1) is 13.6. The van der Waals surface area contributed by atoms with Crippen molar-refractivity contribution in [3.8, 4) is 11.5 Å². The predicted molar refractivity (Wildman–Crippen MR) is 111 cm³/mol. The van der Waals surface area contributed by atoms with Crippen LogP contribution in [0.15, 0.2) is 48.5 Å². The van der Waals surface area contributed by atoms with Crippen LogP contribution in [-0.4, -0.2) is 49.1 Å². The molecule has 2 aromatic rings. The lowest BCUT2D eigenvalue weighted by Gasteiger charge is -2.38. The second-order valence-corrected chi connectivity index (χ2v) is 7.31. The zero-order valence-corrected chi connectivity index (χ0v) is 17.1. The van der Waals surface area contributed by atoms with E-state index in [9.17, 15) is 4.79 Å². The van der Waals surface area contributed by atoms with Crippen LogP contribution in [0.4, 0.5) is 0 Å². The Balaban J connectivity index is 1.58. The average Bonchev–Trinajstić information content (AvgIpc) is 2.73. The molecule has 150 valence electrons. The number of rotatable bonds is 7. The minimum absolute atomic E-state index is 0.138. The molecule has 2 aromatic carbocycles. The van der Waals surface area contributed by atoms with Crippen molar-refractivity contribution in [3.05, 3.63) is 59.7 Å². The molecule has 0 aliphatic carbocycles. The van der Waals surface area contributed by atoms with Gasteiger partial charge in [-0.2, -0.15) is 0 Å². The Morgan fingerprint density at radius 2 is 1.71 bits per heavy atom. The maximum atomic E-state index is 12.3. The van der Waals surface area contributed by atoms with E-state index in [1.54, 1.807) is 21.1 Å². The van der Waals surface area contributed by atoms with E-state index in [4.69, 9.17) is 9.47 Å². The Morgan fingerprint density at radius 3 is 2.32 bits per heavy atom. The van der Waals surface area contributed by atoms with Gasteiger partial charge in [-0.05, 0) is 36.6 Å². The van der Waals surface area contributed by atoms with Crippen LogP contribution in [0.1, 0.15) is 30.9 Å². The summed E-state index contributed by atoms with van der Waals surface area (Å²) in [5.74, 6) is 1.91. The minimum atomic E-state index is 0.138. The van der Waals surface area contributed by atoms with Crippen LogP contribution < -0.4 is 9.47 Å². The van der Waals surface area contributed by atoms with Crippen molar-refractivity contribution in [2.45, 2.75) is 38.9 Å². The molecule has 0 bridgehead atoms. The van der Waals surface area contributed by atoms with Crippen molar-refractivity contribution >= 4 is 5.91 Å². The number of nitrogens with zero attached hydrogens (tertiary/aromatic N) is 2. The van der Waals surface area contributed by atoms with E-state index in [0.29, 0.717) is 6.54 Å². The molecule has 0 atom stereocenters. The molecule has 0 aromatic heterocycles. The van der Waals surface area contributed by atoms with Crippen molar-refractivity contribution in [1.29, 1.82) is 0 Å². The lowest BCUT2D eigenvalue weighted by Crippen LogP contribution is -2.46. The molecule has 0 unspecified atom stereocenters. The largest absolute Gasteiger partial charge is 0.497 e. The smallest absolute Gasteiger partial charge is 0.219 e. The summed E-state index contributed by atoms with van der Waals surface area (Å²) in [5.41, 5.74) is 2.34. The summed E-state index contributed by atoms with van der Waals surface area (Å²) in [4.78, 5) is 16.8. The first-order valence-corrected chi connectivity index (χ1v) is 9.85. The van der Waals surface area contributed by atoms with Crippen LogP contribution in [0.5, 0.6) is 11.5 Å². The second kappa shape index (κ2) is 9.60. The summed E-state index contributed by atoms with van der Waals surface area (Å²) in [6, 6.07) is 16.4. The highest BCUT2D eigenvalue weighted by Gasteiger charge is 2.26. The molecule has 5 nitrogen and oxygen atoms in total. The highest BCUT2D eigenvalue weighted by Crippen LogP contribution is 2.24. The SMILES string of the molecule is COc1ccc(CN(C(C)=O)C2CCN(Cc3ccccc3OC)CC2)cc1. The lowest BCUT2D eigenvalue weighted by molar-refractivity contribution is -0.132. The van der Waals surface area contributed by atoms with Gasteiger partial charge in [0.2, 0.25) is 5.91 Å². The molecule has 0 radical (unpaired) electrons. The van der Waals surface area contributed by atoms with Crippen molar-refractivity contribution in [1.82, 2.24) is 9.80 Å². The van der Waals surface area contributed by atoms with Crippen LogP contribution in [0.3, 0.4) is 0 Å². The van der Waals surface area contributed by atoms with Gasteiger partial charge in [0.25, 0.3) is 0 Å². The lowest BCUT2D eigenvalue weighted by atomic mass is 10.0. The van der Waals surface area contributed by atoms with E-state index >= 15 is 0 Å². The fraction of sp³-hybridized carbons (Fsp3) is 0.435. The van der Waals surface area contributed by atoms with Gasteiger partial charge < -0.3 is 14.4 Å². The fourth-order valence-corrected chi connectivity index (χ4v) is 3.89. The van der Waals surface area contributed by atoms with E-state index in [0.717, 1.165) is 49.5 Å². The molecule has 1 saturated heterocycles. The van der Waals surface area contributed by atoms with E-state index in [2.05, 4.69) is 17.0 Å². The summed E-state index contributed by atoms with van der Waals surface area (Å²) in [6.45, 7) is 5.17. The van der Waals surface area contributed by atoms with Gasteiger partial charge in [0, 0.05) is 44.7 Å². The molecule has 28 heavy (non-hydrogen) atoms. The van der Waals surface area contributed by atoms with Gasteiger partial charge in [-0.1, -0.05) is 30.3 Å². The molecule has 1 heterocycles. The van der Waals surface area contributed by atoms with E-state index in [1.807, 2.05) is 41.3 Å². The Kier molecular flexibility index (Phi) is 6.93. The van der Waals surface area contributed by atoms with Gasteiger partial charge in [-0.3, -0.25) is 9.69 Å². The number of carbonyl (C=O) groups excluding carboxylic acids is 1. The van der Waals surface area contributed by atoms with Crippen molar-refractivity contribution in [2.24, 2.45) is 0 Å². The van der Waals surface area contributed by atoms with Gasteiger partial charge in [0.1, 0.15) is 11.5 Å². The van der Waals surface area contributed by atoms with Crippen LogP contribution in [-0.2, 0) is 17.9 Å². The first-order valence-electron chi connectivity index (χ1n) is 9.85. The summed E-state index contributed by atoms with van der Waals surface area (Å²) in [6.07, 6.45) is 1.98. The maximum absolute atomic E-state index is 12.3. The molecule has 1 aliphatic rings. The topological polar surface area (TPSA) is 42.0 Å². The number of hydrogen-bond donors (Lipinski definition) is 0. The Labute approximate surface area is 167 Å². The number of likely N-dealkylation sites (tertiary alicyclic amines) is 1. The third-order valence-corrected chi connectivity index (χ3v) is 5.50. The molecule has 3 rings (SSSR count). The monoisotopic (exact) mass is 382 g/mol. The quantitative estimate of drug-likeness (QED) is 0.732. The summed E-state index contributed by atoms with van der Waals surface area (Å²) in [7, 11) is 3.38. The van der Waals surface area contributed by atoms with Crippen molar-refractivity contribution in [2.75, 3.05) is 27.3 Å². The zero-order valence-electron chi connectivity index (χ0n) is 17.1. The first kappa shape index (κ1) is 20.2. The summed E-state index contributed by atoms with van der Waals surface area (Å²) < 4.78 is 10.7. The highest BCUT2D eigenvalue weighted by atomic mass is 16.5. The maximum Gasteiger partial charge on any atom is 0.219 e. The normalized spacial score (nSPS) is 15.2. The van der Waals surface area contributed by atoms with Gasteiger partial charge in [0.15, 0.2) is 0 Å². The molecule has 0 spiro atoms. The van der Waals surface area contributed by atoms with Crippen LogP contribution in [0.2, 0.25) is 0 Å². The average molecular weight is 383 g/mol.